The van der Waals surface area contributed by atoms with Crippen molar-refractivity contribution in [1.29, 1.82) is 0 Å². The number of pyridine rings is 1. The zero-order valence-electron chi connectivity index (χ0n) is 9.91. The van der Waals surface area contributed by atoms with E-state index in [0.717, 1.165) is 28.8 Å². The third-order valence-electron chi connectivity index (χ3n) is 2.53. The molecule has 2 heterocycles. The molecular weight excluding hydrogens is 218 g/mol. The summed E-state index contributed by atoms with van der Waals surface area (Å²) >= 11 is 0. The lowest BCUT2D eigenvalue weighted by Crippen LogP contribution is -2.07. The molecule has 1 amide bonds. The molecule has 3 N–H and O–H groups in total. The number of hydrogen-bond donors (Lipinski definition) is 2. The SMILES string of the molecule is CC(=O)Nc1ccc2oc(C)c(CCN)c2n1. The first-order valence-electron chi connectivity index (χ1n) is 5.48. The van der Waals surface area contributed by atoms with Crippen molar-refractivity contribution in [1.82, 2.24) is 4.98 Å². The van der Waals surface area contributed by atoms with E-state index < -0.39 is 0 Å². The average Bonchev–Trinajstić information content (AvgIpc) is 2.55. The second-order valence-corrected chi connectivity index (χ2v) is 3.90. The van der Waals surface area contributed by atoms with Gasteiger partial charge in [0.1, 0.15) is 17.1 Å². The number of nitrogens with two attached hydrogens (primary N) is 1. The molecule has 0 saturated carbocycles. The fourth-order valence-electron chi connectivity index (χ4n) is 1.83. The number of aromatic nitrogens is 1. The Balaban J connectivity index is 2.50. The maximum atomic E-state index is 11.0. The van der Waals surface area contributed by atoms with Gasteiger partial charge in [0.05, 0.1) is 0 Å². The zero-order chi connectivity index (χ0) is 12.4. The number of hydrogen-bond acceptors (Lipinski definition) is 4. The summed E-state index contributed by atoms with van der Waals surface area (Å²) in [6.07, 6.45) is 0.718. The highest BCUT2D eigenvalue weighted by Gasteiger charge is 2.12. The van der Waals surface area contributed by atoms with Crippen LogP contribution in [-0.2, 0) is 11.2 Å². The van der Waals surface area contributed by atoms with Crippen LogP contribution in [0, 0.1) is 6.92 Å². The summed E-state index contributed by atoms with van der Waals surface area (Å²) in [6.45, 7) is 3.89. The van der Waals surface area contributed by atoms with Crippen molar-refractivity contribution in [2.45, 2.75) is 20.3 Å². The first-order valence-corrected chi connectivity index (χ1v) is 5.48. The molecular formula is C12H15N3O2. The van der Waals surface area contributed by atoms with E-state index in [1.54, 1.807) is 12.1 Å². The van der Waals surface area contributed by atoms with Crippen molar-refractivity contribution in [3.05, 3.63) is 23.5 Å². The summed E-state index contributed by atoms with van der Waals surface area (Å²) in [5.41, 5.74) is 8.07. The van der Waals surface area contributed by atoms with Crippen LogP contribution in [0.1, 0.15) is 18.2 Å². The quantitative estimate of drug-likeness (QED) is 0.843. The van der Waals surface area contributed by atoms with Crippen molar-refractivity contribution in [2.24, 2.45) is 5.73 Å². The topological polar surface area (TPSA) is 81.2 Å². The van der Waals surface area contributed by atoms with E-state index in [2.05, 4.69) is 10.3 Å². The second kappa shape index (κ2) is 4.55. The lowest BCUT2D eigenvalue weighted by atomic mass is 10.1. The Morgan fingerprint density at radius 1 is 1.53 bits per heavy atom. The molecule has 5 heteroatoms. The molecule has 2 aromatic rings. The number of nitrogens with one attached hydrogen (secondary N) is 1. The van der Waals surface area contributed by atoms with Gasteiger partial charge in [-0.3, -0.25) is 4.79 Å². The normalized spacial score (nSPS) is 10.8. The molecule has 2 aromatic heterocycles. The lowest BCUT2D eigenvalue weighted by Gasteiger charge is -2.01. The fourth-order valence-corrected chi connectivity index (χ4v) is 1.83. The molecule has 0 aliphatic rings. The molecule has 2 rings (SSSR count). The molecule has 0 spiro atoms. The van der Waals surface area contributed by atoms with Crippen molar-refractivity contribution in [3.63, 3.8) is 0 Å². The van der Waals surface area contributed by atoms with Gasteiger partial charge in [0.15, 0.2) is 5.58 Å². The largest absolute Gasteiger partial charge is 0.459 e. The monoisotopic (exact) mass is 233 g/mol. The number of furan rings is 1. The molecule has 0 radical (unpaired) electrons. The number of aryl methyl sites for hydroxylation is 1. The van der Waals surface area contributed by atoms with Gasteiger partial charge in [0, 0.05) is 12.5 Å². The molecule has 0 saturated heterocycles. The minimum Gasteiger partial charge on any atom is -0.459 e. The predicted molar refractivity (Wildman–Crippen MR) is 65.8 cm³/mol. The fraction of sp³-hybridized carbons (Fsp3) is 0.333. The number of carbonyl (C=O) groups is 1. The van der Waals surface area contributed by atoms with Gasteiger partial charge in [0.2, 0.25) is 5.91 Å². The summed E-state index contributed by atoms with van der Waals surface area (Å²) < 4.78 is 5.58. The molecule has 0 atom stereocenters. The highest BCUT2D eigenvalue weighted by atomic mass is 16.3. The van der Waals surface area contributed by atoms with Gasteiger partial charge < -0.3 is 15.5 Å². The van der Waals surface area contributed by atoms with Crippen LogP contribution < -0.4 is 11.1 Å². The third-order valence-corrected chi connectivity index (χ3v) is 2.53. The molecule has 5 nitrogen and oxygen atoms in total. The lowest BCUT2D eigenvalue weighted by molar-refractivity contribution is -0.114. The minimum atomic E-state index is -0.141. The molecule has 17 heavy (non-hydrogen) atoms. The molecule has 90 valence electrons. The highest BCUT2D eigenvalue weighted by Crippen LogP contribution is 2.25. The third kappa shape index (κ3) is 2.29. The number of carbonyl (C=O) groups excluding carboxylic acids is 1. The van der Waals surface area contributed by atoms with Crippen molar-refractivity contribution >= 4 is 22.8 Å². The molecule has 0 aromatic carbocycles. The summed E-state index contributed by atoms with van der Waals surface area (Å²) in [4.78, 5) is 15.3. The van der Waals surface area contributed by atoms with Gasteiger partial charge >= 0.3 is 0 Å². The Bertz CT molecular complexity index is 560. The van der Waals surface area contributed by atoms with Crippen molar-refractivity contribution < 1.29 is 9.21 Å². The molecule has 0 fully saturated rings. The van der Waals surface area contributed by atoms with Crippen molar-refractivity contribution in [2.75, 3.05) is 11.9 Å². The maximum Gasteiger partial charge on any atom is 0.222 e. The van der Waals surface area contributed by atoms with Crippen LogP contribution in [0.3, 0.4) is 0 Å². The van der Waals surface area contributed by atoms with E-state index >= 15 is 0 Å². The summed E-state index contributed by atoms with van der Waals surface area (Å²) in [6, 6.07) is 3.53. The van der Waals surface area contributed by atoms with Crippen LogP contribution in [0.15, 0.2) is 16.5 Å². The number of rotatable bonds is 3. The van der Waals surface area contributed by atoms with E-state index in [0.29, 0.717) is 12.4 Å². The summed E-state index contributed by atoms with van der Waals surface area (Å²) in [7, 11) is 0. The van der Waals surface area contributed by atoms with Gasteiger partial charge in [-0.15, -0.1) is 0 Å². The Hall–Kier alpha value is -1.88. The van der Waals surface area contributed by atoms with E-state index in [1.165, 1.54) is 6.92 Å². The number of nitrogens with zero attached hydrogens (tertiary/aromatic N) is 1. The summed E-state index contributed by atoms with van der Waals surface area (Å²) in [5, 5.41) is 2.65. The minimum absolute atomic E-state index is 0.141. The van der Waals surface area contributed by atoms with Gasteiger partial charge in [-0.05, 0) is 32.0 Å². The van der Waals surface area contributed by atoms with Crippen LogP contribution in [0.5, 0.6) is 0 Å². The van der Waals surface area contributed by atoms with Crippen LogP contribution in [-0.4, -0.2) is 17.4 Å². The van der Waals surface area contributed by atoms with Crippen LogP contribution in [0.2, 0.25) is 0 Å². The molecule has 0 bridgehead atoms. The predicted octanol–water partition coefficient (Wildman–Crippen LogP) is 1.60. The van der Waals surface area contributed by atoms with Crippen LogP contribution in [0.4, 0.5) is 5.82 Å². The summed E-state index contributed by atoms with van der Waals surface area (Å²) in [5.74, 6) is 1.22. The number of anilines is 1. The molecule has 0 unspecified atom stereocenters. The number of amides is 1. The first kappa shape index (κ1) is 11.6. The Morgan fingerprint density at radius 3 is 2.94 bits per heavy atom. The maximum absolute atomic E-state index is 11.0. The standard InChI is InChI=1S/C12H15N3O2/c1-7-9(5-6-13)12-10(17-7)3-4-11(15-12)14-8(2)16/h3-4H,5-6,13H2,1-2H3,(H,14,15,16). The molecule has 0 aliphatic heterocycles. The average molecular weight is 233 g/mol. The van der Waals surface area contributed by atoms with Gasteiger partial charge in [-0.2, -0.15) is 0 Å². The Labute approximate surface area is 99.0 Å². The van der Waals surface area contributed by atoms with E-state index in [4.69, 9.17) is 10.2 Å². The molecule has 0 aliphatic carbocycles. The Morgan fingerprint density at radius 2 is 2.29 bits per heavy atom. The van der Waals surface area contributed by atoms with E-state index in [1.807, 2.05) is 6.92 Å². The smallest absolute Gasteiger partial charge is 0.222 e. The van der Waals surface area contributed by atoms with E-state index in [9.17, 15) is 4.79 Å². The van der Waals surface area contributed by atoms with Crippen LogP contribution >= 0.6 is 0 Å². The van der Waals surface area contributed by atoms with E-state index in [-0.39, 0.29) is 5.91 Å². The van der Waals surface area contributed by atoms with Gasteiger partial charge in [0.25, 0.3) is 0 Å². The van der Waals surface area contributed by atoms with Gasteiger partial charge in [-0.1, -0.05) is 0 Å². The zero-order valence-corrected chi connectivity index (χ0v) is 9.91. The van der Waals surface area contributed by atoms with Gasteiger partial charge in [-0.25, -0.2) is 4.98 Å². The van der Waals surface area contributed by atoms with Crippen LogP contribution in [0.25, 0.3) is 11.1 Å². The highest BCUT2D eigenvalue weighted by molar-refractivity contribution is 5.89. The Kier molecular flexibility index (Phi) is 3.10. The second-order valence-electron chi connectivity index (χ2n) is 3.90. The number of fused-ring (bicyclic) bond motifs is 1. The first-order chi connectivity index (χ1) is 8.11. The van der Waals surface area contributed by atoms with Crippen molar-refractivity contribution in [3.8, 4) is 0 Å².